The third kappa shape index (κ3) is 1.96. The van der Waals surface area contributed by atoms with Crippen LogP contribution in [0.15, 0.2) is 24.3 Å². The Hall–Kier alpha value is -1.35. The zero-order valence-electron chi connectivity index (χ0n) is 11.4. The number of fused-ring (bicyclic) bond motifs is 1. The average molecular weight is 259 g/mol. The van der Waals surface area contributed by atoms with E-state index in [1.54, 1.807) is 0 Å². The molecular weight excluding hydrogens is 238 g/mol. The van der Waals surface area contributed by atoms with Crippen LogP contribution in [0.5, 0.6) is 0 Å². The third-order valence-corrected chi connectivity index (χ3v) is 4.88. The Morgan fingerprint density at radius 1 is 1.37 bits per heavy atom. The largest absolute Gasteiger partial charge is 0.480 e. The van der Waals surface area contributed by atoms with Crippen molar-refractivity contribution in [2.45, 2.75) is 50.6 Å². The zero-order valence-corrected chi connectivity index (χ0v) is 11.4. The Labute approximate surface area is 114 Å². The molecule has 3 nitrogen and oxygen atoms in total. The molecule has 1 saturated heterocycles. The lowest BCUT2D eigenvalue weighted by molar-refractivity contribution is -0.155. The number of piperidine rings is 1. The lowest BCUT2D eigenvalue weighted by atomic mass is 9.86. The van der Waals surface area contributed by atoms with Crippen LogP contribution in [0.4, 0.5) is 0 Å². The first-order valence-corrected chi connectivity index (χ1v) is 7.21. The SMILES string of the molecule is CC1(C(=O)O)CCCCN1C1CCc2ccccc21. The normalized spacial score (nSPS) is 31.1. The molecule has 102 valence electrons. The molecule has 3 rings (SSSR count). The molecule has 2 atom stereocenters. The summed E-state index contributed by atoms with van der Waals surface area (Å²) in [6.45, 7) is 2.80. The van der Waals surface area contributed by atoms with Crippen molar-refractivity contribution in [2.24, 2.45) is 0 Å². The molecule has 1 aromatic carbocycles. The van der Waals surface area contributed by atoms with Gasteiger partial charge in [-0.05, 0) is 56.7 Å². The monoisotopic (exact) mass is 259 g/mol. The summed E-state index contributed by atoms with van der Waals surface area (Å²) in [5.41, 5.74) is 2.04. The second kappa shape index (κ2) is 4.64. The van der Waals surface area contributed by atoms with Gasteiger partial charge in [0.15, 0.2) is 0 Å². The van der Waals surface area contributed by atoms with Crippen LogP contribution < -0.4 is 0 Å². The molecule has 0 bridgehead atoms. The van der Waals surface area contributed by atoms with Gasteiger partial charge in [-0.2, -0.15) is 0 Å². The molecule has 19 heavy (non-hydrogen) atoms. The minimum atomic E-state index is -0.694. The van der Waals surface area contributed by atoms with E-state index in [9.17, 15) is 9.90 Å². The molecule has 2 aliphatic rings. The van der Waals surface area contributed by atoms with E-state index in [1.807, 2.05) is 6.92 Å². The van der Waals surface area contributed by atoms with Crippen molar-refractivity contribution >= 4 is 5.97 Å². The molecule has 2 unspecified atom stereocenters. The van der Waals surface area contributed by atoms with Crippen LogP contribution in [0, 0.1) is 0 Å². The van der Waals surface area contributed by atoms with Crippen LogP contribution in [-0.4, -0.2) is 28.1 Å². The van der Waals surface area contributed by atoms with Gasteiger partial charge in [-0.1, -0.05) is 24.3 Å². The van der Waals surface area contributed by atoms with Crippen molar-refractivity contribution in [3.63, 3.8) is 0 Å². The summed E-state index contributed by atoms with van der Waals surface area (Å²) < 4.78 is 0. The summed E-state index contributed by atoms with van der Waals surface area (Å²) in [6.07, 6.45) is 5.03. The minimum Gasteiger partial charge on any atom is -0.480 e. The number of rotatable bonds is 2. The summed E-state index contributed by atoms with van der Waals surface area (Å²) in [4.78, 5) is 14.0. The highest BCUT2D eigenvalue weighted by atomic mass is 16.4. The van der Waals surface area contributed by atoms with Gasteiger partial charge in [0.25, 0.3) is 0 Å². The second-order valence-corrected chi connectivity index (χ2v) is 5.98. The number of benzene rings is 1. The lowest BCUT2D eigenvalue weighted by Gasteiger charge is -2.45. The predicted octanol–water partition coefficient (Wildman–Crippen LogP) is 3.00. The molecule has 0 aromatic heterocycles. The molecule has 1 heterocycles. The Kier molecular flexibility index (Phi) is 3.09. The first kappa shape index (κ1) is 12.7. The Bertz CT molecular complexity index is 499. The quantitative estimate of drug-likeness (QED) is 0.887. The summed E-state index contributed by atoms with van der Waals surface area (Å²) in [5.74, 6) is -0.670. The number of carbonyl (C=O) groups is 1. The third-order valence-electron chi connectivity index (χ3n) is 4.88. The molecule has 0 amide bonds. The van der Waals surface area contributed by atoms with Gasteiger partial charge in [-0.15, -0.1) is 0 Å². The van der Waals surface area contributed by atoms with Gasteiger partial charge < -0.3 is 5.11 Å². The molecule has 0 saturated carbocycles. The van der Waals surface area contributed by atoms with Gasteiger partial charge in [-0.3, -0.25) is 9.69 Å². The van der Waals surface area contributed by atoms with Crippen molar-refractivity contribution in [1.82, 2.24) is 4.90 Å². The molecule has 1 aliphatic carbocycles. The van der Waals surface area contributed by atoms with E-state index in [1.165, 1.54) is 11.1 Å². The molecule has 1 aliphatic heterocycles. The molecule has 1 fully saturated rings. The van der Waals surface area contributed by atoms with Crippen LogP contribution in [-0.2, 0) is 11.2 Å². The maximum absolute atomic E-state index is 11.7. The number of likely N-dealkylation sites (tertiary alicyclic amines) is 1. The number of nitrogens with zero attached hydrogens (tertiary/aromatic N) is 1. The Balaban J connectivity index is 1.95. The van der Waals surface area contributed by atoms with Crippen molar-refractivity contribution in [3.05, 3.63) is 35.4 Å². The van der Waals surface area contributed by atoms with Crippen LogP contribution >= 0.6 is 0 Å². The van der Waals surface area contributed by atoms with Gasteiger partial charge >= 0.3 is 5.97 Å². The maximum atomic E-state index is 11.7. The van der Waals surface area contributed by atoms with E-state index in [-0.39, 0.29) is 6.04 Å². The summed E-state index contributed by atoms with van der Waals surface area (Å²) in [7, 11) is 0. The van der Waals surface area contributed by atoms with E-state index in [4.69, 9.17) is 0 Å². The van der Waals surface area contributed by atoms with Crippen LogP contribution in [0.25, 0.3) is 0 Å². The first-order valence-electron chi connectivity index (χ1n) is 7.21. The van der Waals surface area contributed by atoms with Gasteiger partial charge in [0.1, 0.15) is 5.54 Å². The standard InChI is InChI=1S/C16H21NO2/c1-16(15(18)19)10-4-5-11-17(16)14-9-8-12-6-2-3-7-13(12)14/h2-3,6-7,14H,4-5,8-11H2,1H3,(H,18,19). The van der Waals surface area contributed by atoms with E-state index < -0.39 is 11.5 Å². The molecule has 0 spiro atoms. The van der Waals surface area contributed by atoms with Crippen LogP contribution in [0.3, 0.4) is 0 Å². The van der Waals surface area contributed by atoms with Gasteiger partial charge in [0, 0.05) is 6.04 Å². The molecule has 0 radical (unpaired) electrons. The van der Waals surface area contributed by atoms with E-state index in [0.717, 1.165) is 38.6 Å². The number of aryl methyl sites for hydroxylation is 1. The number of carboxylic acids is 1. The van der Waals surface area contributed by atoms with E-state index in [0.29, 0.717) is 0 Å². The smallest absolute Gasteiger partial charge is 0.323 e. The fourth-order valence-corrected chi connectivity index (χ4v) is 3.73. The van der Waals surface area contributed by atoms with Gasteiger partial charge in [0.05, 0.1) is 0 Å². The van der Waals surface area contributed by atoms with Crippen molar-refractivity contribution in [3.8, 4) is 0 Å². The van der Waals surface area contributed by atoms with Crippen molar-refractivity contribution in [2.75, 3.05) is 6.54 Å². The second-order valence-electron chi connectivity index (χ2n) is 5.98. The van der Waals surface area contributed by atoms with Crippen LogP contribution in [0.2, 0.25) is 0 Å². The highest BCUT2D eigenvalue weighted by Gasteiger charge is 2.45. The topological polar surface area (TPSA) is 40.5 Å². The number of carboxylic acid groups (broad SMARTS) is 1. The minimum absolute atomic E-state index is 0.289. The number of hydrogen-bond acceptors (Lipinski definition) is 2. The highest BCUT2D eigenvalue weighted by Crippen LogP contribution is 2.42. The molecule has 3 heteroatoms. The van der Waals surface area contributed by atoms with Crippen molar-refractivity contribution in [1.29, 1.82) is 0 Å². The van der Waals surface area contributed by atoms with Crippen LogP contribution in [0.1, 0.15) is 49.8 Å². The summed E-state index contributed by atoms with van der Waals surface area (Å²) in [5, 5.41) is 9.63. The Morgan fingerprint density at radius 2 is 2.16 bits per heavy atom. The predicted molar refractivity (Wildman–Crippen MR) is 74.1 cm³/mol. The lowest BCUT2D eigenvalue weighted by Crippen LogP contribution is -2.55. The fraction of sp³-hybridized carbons (Fsp3) is 0.562. The summed E-state index contributed by atoms with van der Waals surface area (Å²) >= 11 is 0. The zero-order chi connectivity index (χ0) is 13.5. The van der Waals surface area contributed by atoms with E-state index in [2.05, 4.69) is 29.2 Å². The van der Waals surface area contributed by atoms with Gasteiger partial charge in [0.2, 0.25) is 0 Å². The maximum Gasteiger partial charge on any atom is 0.323 e. The highest BCUT2D eigenvalue weighted by molar-refractivity contribution is 5.78. The van der Waals surface area contributed by atoms with Gasteiger partial charge in [-0.25, -0.2) is 0 Å². The van der Waals surface area contributed by atoms with E-state index >= 15 is 0 Å². The Morgan fingerprint density at radius 3 is 2.95 bits per heavy atom. The number of hydrogen-bond donors (Lipinski definition) is 1. The molecule has 1 N–H and O–H groups in total. The fourth-order valence-electron chi connectivity index (χ4n) is 3.73. The number of aliphatic carboxylic acids is 1. The first-order chi connectivity index (χ1) is 9.13. The average Bonchev–Trinajstić information content (AvgIpc) is 2.83. The summed E-state index contributed by atoms with van der Waals surface area (Å²) in [6, 6.07) is 8.78. The van der Waals surface area contributed by atoms with Crippen molar-refractivity contribution < 1.29 is 9.90 Å². The molecule has 1 aromatic rings. The molecular formula is C16H21NO2.